The van der Waals surface area contributed by atoms with Crippen LogP contribution in [0.4, 0.5) is 0 Å². The van der Waals surface area contributed by atoms with Crippen LogP contribution < -0.4 is 5.32 Å². The van der Waals surface area contributed by atoms with Crippen LogP contribution >= 0.6 is 0 Å². The van der Waals surface area contributed by atoms with Crippen molar-refractivity contribution < 1.29 is 4.42 Å². The van der Waals surface area contributed by atoms with Crippen LogP contribution in [0.3, 0.4) is 0 Å². The van der Waals surface area contributed by atoms with Crippen molar-refractivity contribution >= 4 is 44.2 Å². The van der Waals surface area contributed by atoms with Gasteiger partial charge in [0, 0.05) is 18.1 Å². The zero-order valence-corrected chi connectivity index (χ0v) is 31.0. The van der Waals surface area contributed by atoms with E-state index in [2.05, 4.69) is 186 Å². The maximum atomic E-state index is 6.26. The summed E-state index contributed by atoms with van der Waals surface area (Å²) >= 11 is 0. The Hall–Kier alpha value is -7.43. The number of rotatable bonds is 5. The standard InChI is InChI=1S/C53H35N3O/c1-3-9-42(10-4-1)53(43-11-5-2-6-12-43)47-31-39(34-25-27-54-28-26-34)19-22-44(47)45-23-20-40(32-48(45)53)37-16-15-36-30-38(18-17-35(36)29-37)41-21-24-50-55-51-46-13-7-8-14-49(46)57-52(51)56(50)33-41/h1-27,29-33,54H,28H2. The highest BCUT2D eigenvalue weighted by molar-refractivity contribution is 6.03. The number of nitrogens with one attached hydrogen (secondary N) is 1. The molecule has 0 spiro atoms. The summed E-state index contributed by atoms with van der Waals surface area (Å²) in [5.74, 6) is 0. The number of hydrogen-bond acceptors (Lipinski definition) is 3. The molecule has 4 nitrogen and oxygen atoms in total. The van der Waals surface area contributed by atoms with Crippen molar-refractivity contribution in [1.82, 2.24) is 14.7 Å². The third kappa shape index (κ3) is 4.77. The van der Waals surface area contributed by atoms with Crippen LogP contribution in [0.1, 0.15) is 27.8 Å². The molecule has 4 heterocycles. The van der Waals surface area contributed by atoms with Crippen molar-refractivity contribution in [1.29, 1.82) is 0 Å². The molecule has 0 bridgehead atoms. The number of fused-ring (bicyclic) bond motifs is 9. The van der Waals surface area contributed by atoms with Gasteiger partial charge in [-0.3, -0.25) is 4.40 Å². The van der Waals surface area contributed by atoms with E-state index in [9.17, 15) is 0 Å². The normalized spacial score (nSPS) is 14.2. The van der Waals surface area contributed by atoms with Gasteiger partial charge in [-0.2, -0.15) is 0 Å². The number of aromatic nitrogens is 2. The Kier molecular flexibility index (Phi) is 6.87. The first-order chi connectivity index (χ1) is 28.2. The third-order valence-electron chi connectivity index (χ3n) is 12.1. The van der Waals surface area contributed by atoms with Crippen LogP contribution in [0.2, 0.25) is 0 Å². The lowest BCUT2D eigenvalue weighted by molar-refractivity contribution is 0.649. The second-order valence-corrected chi connectivity index (χ2v) is 15.2. The summed E-state index contributed by atoms with van der Waals surface area (Å²) in [6.45, 7) is 0.829. The lowest BCUT2D eigenvalue weighted by atomic mass is 9.67. The zero-order valence-electron chi connectivity index (χ0n) is 31.0. The average Bonchev–Trinajstić information content (AvgIpc) is 3.93. The van der Waals surface area contributed by atoms with Gasteiger partial charge in [0.05, 0.1) is 5.41 Å². The highest BCUT2D eigenvalue weighted by Gasteiger charge is 2.46. The minimum Gasteiger partial charge on any atom is -0.437 e. The second kappa shape index (κ2) is 12.3. The van der Waals surface area contributed by atoms with E-state index in [4.69, 9.17) is 9.40 Å². The summed E-state index contributed by atoms with van der Waals surface area (Å²) in [5, 5.41) is 6.75. The predicted octanol–water partition coefficient (Wildman–Crippen LogP) is 12.6. The lowest BCUT2D eigenvalue weighted by Gasteiger charge is -2.34. The van der Waals surface area contributed by atoms with Crippen LogP contribution in [-0.4, -0.2) is 15.9 Å². The van der Waals surface area contributed by atoms with Gasteiger partial charge in [0.2, 0.25) is 5.71 Å². The monoisotopic (exact) mass is 729 g/mol. The van der Waals surface area contributed by atoms with Gasteiger partial charge in [0.15, 0.2) is 0 Å². The highest BCUT2D eigenvalue weighted by Crippen LogP contribution is 2.57. The largest absolute Gasteiger partial charge is 0.437 e. The minimum absolute atomic E-state index is 0.494. The van der Waals surface area contributed by atoms with Crippen LogP contribution in [-0.2, 0) is 5.41 Å². The first kappa shape index (κ1) is 31.9. The number of pyridine rings is 1. The van der Waals surface area contributed by atoms with E-state index >= 15 is 0 Å². The number of hydrogen-bond donors (Lipinski definition) is 1. The number of benzene rings is 7. The number of para-hydroxylation sites is 1. The number of furan rings is 1. The van der Waals surface area contributed by atoms with E-state index in [-0.39, 0.29) is 0 Å². The molecule has 1 aliphatic carbocycles. The Morgan fingerprint density at radius 1 is 0.561 bits per heavy atom. The molecule has 1 aliphatic heterocycles. The van der Waals surface area contributed by atoms with Gasteiger partial charge in [-0.15, -0.1) is 0 Å². The molecule has 0 amide bonds. The van der Waals surface area contributed by atoms with Gasteiger partial charge in [0.1, 0.15) is 16.7 Å². The van der Waals surface area contributed by atoms with E-state index in [1.807, 2.05) is 18.2 Å². The van der Waals surface area contributed by atoms with Crippen molar-refractivity contribution in [2.75, 3.05) is 6.54 Å². The fourth-order valence-corrected chi connectivity index (χ4v) is 9.44. The number of imidazole rings is 1. The fourth-order valence-electron chi connectivity index (χ4n) is 9.44. The Morgan fingerprint density at radius 3 is 1.86 bits per heavy atom. The fraction of sp³-hybridized carbons (Fsp3) is 0.0377. The van der Waals surface area contributed by atoms with Crippen molar-refractivity contribution in [2.45, 2.75) is 5.41 Å². The summed E-state index contributed by atoms with van der Waals surface area (Å²) < 4.78 is 8.32. The summed E-state index contributed by atoms with van der Waals surface area (Å²) in [6, 6.07) is 62.2. The van der Waals surface area contributed by atoms with Crippen molar-refractivity contribution in [3.63, 3.8) is 0 Å². The van der Waals surface area contributed by atoms with Crippen LogP contribution in [0, 0.1) is 0 Å². The van der Waals surface area contributed by atoms with Gasteiger partial charge in [0.25, 0.3) is 0 Å². The van der Waals surface area contributed by atoms with E-state index in [0.29, 0.717) is 0 Å². The summed E-state index contributed by atoms with van der Waals surface area (Å²) in [4.78, 5) is 4.89. The van der Waals surface area contributed by atoms with Gasteiger partial charge in [-0.05, 0) is 138 Å². The van der Waals surface area contributed by atoms with Crippen molar-refractivity contribution in [3.8, 4) is 33.4 Å². The Balaban J connectivity index is 0.980. The summed E-state index contributed by atoms with van der Waals surface area (Å²) in [7, 11) is 0. The quantitative estimate of drug-likeness (QED) is 0.192. The molecule has 0 fully saturated rings. The number of dihydropyridines is 1. The molecular formula is C53H35N3O. The molecule has 7 aromatic carbocycles. The van der Waals surface area contributed by atoms with Gasteiger partial charge >= 0.3 is 0 Å². The molecule has 4 heteroatoms. The lowest BCUT2D eigenvalue weighted by Crippen LogP contribution is -2.28. The van der Waals surface area contributed by atoms with E-state index in [1.165, 1.54) is 66.4 Å². The van der Waals surface area contributed by atoms with Crippen LogP contribution in [0.5, 0.6) is 0 Å². The van der Waals surface area contributed by atoms with E-state index < -0.39 is 5.41 Å². The minimum atomic E-state index is -0.494. The molecule has 0 saturated carbocycles. The first-order valence-corrected chi connectivity index (χ1v) is 19.6. The summed E-state index contributed by atoms with van der Waals surface area (Å²) in [5.41, 5.74) is 17.8. The topological polar surface area (TPSA) is 42.5 Å². The molecule has 0 unspecified atom stereocenters. The molecular weight excluding hydrogens is 695 g/mol. The van der Waals surface area contributed by atoms with Crippen molar-refractivity contribution in [2.24, 2.45) is 0 Å². The Labute approximate surface area is 329 Å². The zero-order chi connectivity index (χ0) is 37.5. The van der Waals surface area contributed by atoms with E-state index in [1.54, 1.807) is 0 Å². The molecule has 10 aromatic rings. The molecule has 0 atom stereocenters. The Morgan fingerprint density at radius 2 is 1.16 bits per heavy atom. The number of nitrogens with zero attached hydrogens (tertiary/aromatic N) is 2. The summed E-state index contributed by atoms with van der Waals surface area (Å²) in [6.07, 6.45) is 8.64. The van der Waals surface area contributed by atoms with Crippen LogP contribution in [0.25, 0.3) is 77.6 Å². The van der Waals surface area contributed by atoms with Crippen molar-refractivity contribution in [3.05, 3.63) is 222 Å². The molecule has 12 rings (SSSR count). The molecule has 57 heavy (non-hydrogen) atoms. The van der Waals surface area contributed by atoms with E-state index in [0.717, 1.165) is 45.5 Å². The van der Waals surface area contributed by atoms with Gasteiger partial charge < -0.3 is 9.73 Å². The van der Waals surface area contributed by atoms with Crippen LogP contribution in [0.15, 0.2) is 199 Å². The maximum Gasteiger partial charge on any atom is 0.232 e. The number of allylic oxidation sites excluding steroid dienone is 2. The smallest absolute Gasteiger partial charge is 0.232 e. The van der Waals surface area contributed by atoms with Gasteiger partial charge in [-0.25, -0.2) is 4.98 Å². The predicted molar refractivity (Wildman–Crippen MR) is 233 cm³/mol. The molecule has 3 aromatic heterocycles. The molecule has 268 valence electrons. The molecule has 0 radical (unpaired) electrons. The Bertz CT molecular complexity index is 3250. The maximum absolute atomic E-state index is 6.26. The molecule has 1 N–H and O–H groups in total. The second-order valence-electron chi connectivity index (χ2n) is 15.2. The third-order valence-corrected chi connectivity index (χ3v) is 12.1. The molecule has 2 aliphatic rings. The van der Waals surface area contributed by atoms with Gasteiger partial charge in [-0.1, -0.05) is 127 Å². The average molecular weight is 730 g/mol. The SMILES string of the molecule is C1=CC(c2ccc3c(c2)C(c2ccccc2)(c2ccccc2)c2cc(-c4ccc5cc(-c6ccc7nc8c9ccccc9oc8n7c6)ccc5c4)ccc2-3)=CCN1. The molecule has 0 saturated heterocycles. The first-order valence-electron chi connectivity index (χ1n) is 19.6. The highest BCUT2D eigenvalue weighted by atomic mass is 16.3.